The molecule has 0 aliphatic carbocycles. The number of hydrogen-bond acceptors (Lipinski definition) is 2. The normalized spacial score (nSPS) is 19.0. The molecule has 1 fully saturated rings. The van der Waals surface area contributed by atoms with Crippen molar-refractivity contribution in [1.82, 2.24) is 4.90 Å². The molecule has 1 aromatic carbocycles. The SMILES string of the molecule is NC(=S)C1CCCN1C(=O)c1cc(Cl)ccc1I. The Morgan fingerprint density at radius 2 is 2.28 bits per heavy atom. The van der Waals surface area contributed by atoms with Crippen molar-refractivity contribution in [3.8, 4) is 0 Å². The fraction of sp³-hybridized carbons (Fsp3) is 0.333. The highest BCUT2D eigenvalue weighted by Gasteiger charge is 2.31. The molecule has 0 bridgehead atoms. The van der Waals surface area contributed by atoms with E-state index in [4.69, 9.17) is 29.6 Å². The van der Waals surface area contributed by atoms with Crippen LogP contribution in [0.15, 0.2) is 18.2 Å². The summed E-state index contributed by atoms with van der Waals surface area (Å²) in [4.78, 5) is 14.6. The number of carbonyl (C=O) groups excluding carboxylic acids is 1. The third-order valence-corrected chi connectivity index (χ3v) is 4.45. The van der Waals surface area contributed by atoms with Gasteiger partial charge in [-0.1, -0.05) is 23.8 Å². The number of halogens is 2. The number of nitrogens with two attached hydrogens (primary N) is 1. The minimum atomic E-state index is -0.123. The van der Waals surface area contributed by atoms with E-state index in [1.165, 1.54) is 0 Å². The molecule has 1 aliphatic heterocycles. The zero-order chi connectivity index (χ0) is 13.3. The first-order valence-electron chi connectivity index (χ1n) is 5.56. The van der Waals surface area contributed by atoms with Crippen molar-refractivity contribution in [2.24, 2.45) is 5.73 Å². The lowest BCUT2D eigenvalue weighted by molar-refractivity contribution is 0.0769. The summed E-state index contributed by atoms with van der Waals surface area (Å²) in [5.41, 5.74) is 6.30. The van der Waals surface area contributed by atoms with E-state index in [0.29, 0.717) is 22.1 Å². The predicted molar refractivity (Wildman–Crippen MR) is 85.0 cm³/mol. The molecule has 3 nitrogen and oxygen atoms in total. The molecule has 2 N–H and O–H groups in total. The molecule has 1 aromatic rings. The van der Waals surface area contributed by atoms with Crippen LogP contribution in [0.5, 0.6) is 0 Å². The second-order valence-electron chi connectivity index (χ2n) is 4.18. The van der Waals surface area contributed by atoms with Crippen LogP contribution < -0.4 is 5.73 Å². The highest BCUT2D eigenvalue weighted by Crippen LogP contribution is 2.24. The topological polar surface area (TPSA) is 46.3 Å². The lowest BCUT2D eigenvalue weighted by Gasteiger charge is -2.24. The summed E-state index contributed by atoms with van der Waals surface area (Å²) in [6.07, 6.45) is 1.78. The van der Waals surface area contributed by atoms with Gasteiger partial charge in [0, 0.05) is 15.1 Å². The summed E-state index contributed by atoms with van der Waals surface area (Å²) in [6, 6.07) is 5.18. The third kappa shape index (κ3) is 2.78. The van der Waals surface area contributed by atoms with Crippen LogP contribution >= 0.6 is 46.4 Å². The number of benzene rings is 1. The van der Waals surface area contributed by atoms with E-state index in [2.05, 4.69) is 22.6 Å². The van der Waals surface area contributed by atoms with E-state index in [1.54, 1.807) is 17.0 Å². The van der Waals surface area contributed by atoms with Crippen LogP contribution in [0, 0.1) is 3.57 Å². The first kappa shape index (κ1) is 14.0. The molecular weight excluding hydrogens is 383 g/mol. The Hall–Kier alpha value is -0.400. The van der Waals surface area contributed by atoms with E-state index in [0.717, 1.165) is 16.4 Å². The summed E-state index contributed by atoms with van der Waals surface area (Å²) in [5.74, 6) is -0.0443. The fourth-order valence-corrected chi connectivity index (χ4v) is 3.11. The van der Waals surface area contributed by atoms with Crippen LogP contribution in [0.4, 0.5) is 0 Å². The number of rotatable bonds is 2. The molecule has 18 heavy (non-hydrogen) atoms. The van der Waals surface area contributed by atoms with Gasteiger partial charge >= 0.3 is 0 Å². The second kappa shape index (κ2) is 5.71. The van der Waals surface area contributed by atoms with Gasteiger partial charge in [-0.3, -0.25) is 4.79 Å². The molecule has 0 spiro atoms. The van der Waals surface area contributed by atoms with Gasteiger partial charge in [0.1, 0.15) is 0 Å². The molecule has 1 unspecified atom stereocenters. The lowest BCUT2D eigenvalue weighted by atomic mass is 10.1. The van der Waals surface area contributed by atoms with Crippen LogP contribution in [0.2, 0.25) is 5.02 Å². The largest absolute Gasteiger partial charge is 0.392 e. The number of thiocarbonyl (C=S) groups is 1. The zero-order valence-electron chi connectivity index (χ0n) is 9.53. The summed E-state index contributed by atoms with van der Waals surface area (Å²) >= 11 is 13.1. The van der Waals surface area contributed by atoms with Crippen molar-refractivity contribution >= 4 is 57.3 Å². The van der Waals surface area contributed by atoms with E-state index in [1.807, 2.05) is 6.07 Å². The Morgan fingerprint density at radius 1 is 1.56 bits per heavy atom. The van der Waals surface area contributed by atoms with E-state index in [-0.39, 0.29) is 11.9 Å². The molecule has 0 saturated carbocycles. The van der Waals surface area contributed by atoms with E-state index in [9.17, 15) is 4.79 Å². The summed E-state index contributed by atoms with van der Waals surface area (Å²) in [6.45, 7) is 0.698. The van der Waals surface area contributed by atoms with Crippen molar-refractivity contribution in [1.29, 1.82) is 0 Å². The van der Waals surface area contributed by atoms with Gasteiger partial charge in [0.05, 0.1) is 16.6 Å². The fourth-order valence-electron chi connectivity index (χ4n) is 2.12. The number of likely N-dealkylation sites (tertiary alicyclic amines) is 1. The minimum absolute atomic E-state index is 0.0443. The Morgan fingerprint density at radius 3 is 2.94 bits per heavy atom. The maximum absolute atomic E-state index is 12.5. The maximum atomic E-state index is 12.5. The molecule has 0 radical (unpaired) electrons. The van der Waals surface area contributed by atoms with Gasteiger partial charge in [0.15, 0.2) is 0 Å². The summed E-state index contributed by atoms with van der Waals surface area (Å²) in [7, 11) is 0. The Labute approximate surface area is 130 Å². The first-order chi connectivity index (χ1) is 8.50. The standard InChI is InChI=1S/C12H12ClIN2OS/c13-7-3-4-9(14)8(6-7)12(17)16-5-1-2-10(16)11(15)18/h3-4,6,10H,1-2,5H2,(H2,15,18). The highest BCUT2D eigenvalue weighted by atomic mass is 127. The van der Waals surface area contributed by atoms with Crippen molar-refractivity contribution in [2.45, 2.75) is 18.9 Å². The Balaban J connectivity index is 2.31. The molecule has 0 aromatic heterocycles. The van der Waals surface area contributed by atoms with E-state index >= 15 is 0 Å². The van der Waals surface area contributed by atoms with Gasteiger partial charge in [0.2, 0.25) is 0 Å². The molecule has 1 aliphatic rings. The number of amides is 1. The quantitative estimate of drug-likeness (QED) is 0.620. The average Bonchev–Trinajstić information content (AvgIpc) is 2.80. The van der Waals surface area contributed by atoms with Crippen molar-refractivity contribution in [3.05, 3.63) is 32.4 Å². The van der Waals surface area contributed by atoms with Gasteiger partial charge < -0.3 is 10.6 Å². The summed E-state index contributed by atoms with van der Waals surface area (Å²) < 4.78 is 0.885. The zero-order valence-corrected chi connectivity index (χ0v) is 13.3. The smallest absolute Gasteiger partial charge is 0.255 e. The van der Waals surface area contributed by atoms with Crippen LogP contribution in [0.1, 0.15) is 23.2 Å². The third-order valence-electron chi connectivity index (χ3n) is 3.00. The Kier molecular flexibility index (Phi) is 4.45. The van der Waals surface area contributed by atoms with Gasteiger partial charge in [-0.05, 0) is 53.6 Å². The molecule has 1 heterocycles. The van der Waals surface area contributed by atoms with Crippen molar-refractivity contribution in [2.75, 3.05) is 6.54 Å². The molecule has 1 saturated heterocycles. The van der Waals surface area contributed by atoms with Crippen molar-refractivity contribution in [3.63, 3.8) is 0 Å². The molecule has 2 rings (SSSR count). The van der Waals surface area contributed by atoms with Crippen molar-refractivity contribution < 1.29 is 4.79 Å². The molecular formula is C12H12ClIN2OS. The molecule has 1 atom stereocenters. The predicted octanol–water partition coefficient (Wildman–Crippen LogP) is 2.84. The minimum Gasteiger partial charge on any atom is -0.392 e. The number of carbonyl (C=O) groups is 1. The number of nitrogens with zero attached hydrogens (tertiary/aromatic N) is 1. The average molecular weight is 395 g/mol. The van der Waals surface area contributed by atoms with Gasteiger partial charge in [0.25, 0.3) is 5.91 Å². The number of hydrogen-bond donors (Lipinski definition) is 1. The molecule has 6 heteroatoms. The van der Waals surface area contributed by atoms with Crippen LogP contribution in [-0.4, -0.2) is 28.4 Å². The van der Waals surface area contributed by atoms with Gasteiger partial charge in [-0.2, -0.15) is 0 Å². The molecule has 1 amide bonds. The first-order valence-corrected chi connectivity index (χ1v) is 7.42. The lowest BCUT2D eigenvalue weighted by Crippen LogP contribution is -2.43. The Bertz CT molecular complexity index is 509. The highest BCUT2D eigenvalue weighted by molar-refractivity contribution is 14.1. The monoisotopic (exact) mass is 394 g/mol. The van der Waals surface area contributed by atoms with Gasteiger partial charge in [-0.15, -0.1) is 0 Å². The maximum Gasteiger partial charge on any atom is 0.255 e. The van der Waals surface area contributed by atoms with Crippen LogP contribution in [0.3, 0.4) is 0 Å². The second-order valence-corrected chi connectivity index (χ2v) is 6.25. The summed E-state index contributed by atoms with van der Waals surface area (Å²) in [5, 5.41) is 0.560. The van der Waals surface area contributed by atoms with Gasteiger partial charge in [-0.25, -0.2) is 0 Å². The van der Waals surface area contributed by atoms with Crippen LogP contribution in [0.25, 0.3) is 0 Å². The molecule has 96 valence electrons. The van der Waals surface area contributed by atoms with E-state index < -0.39 is 0 Å². The van der Waals surface area contributed by atoms with Crippen LogP contribution in [-0.2, 0) is 0 Å².